The average Bonchev–Trinajstić information content (AvgIpc) is 2.62. The molecule has 3 rings (SSSR count). The quantitative estimate of drug-likeness (QED) is 0.635. The third-order valence-corrected chi connectivity index (χ3v) is 3.37. The van der Waals surface area contributed by atoms with Crippen molar-refractivity contribution in [1.29, 1.82) is 0 Å². The van der Waals surface area contributed by atoms with Gasteiger partial charge >= 0.3 is 0 Å². The summed E-state index contributed by atoms with van der Waals surface area (Å²) in [6.07, 6.45) is 0. The molecule has 0 saturated heterocycles. The second-order valence-electron chi connectivity index (χ2n) is 3.39. The third kappa shape index (κ3) is 1.000. The molecule has 0 spiro atoms. The van der Waals surface area contributed by atoms with Crippen molar-refractivity contribution in [1.82, 2.24) is 9.55 Å². The maximum atomic E-state index is 4.58. The van der Waals surface area contributed by atoms with Gasteiger partial charge in [-0.25, -0.2) is 4.98 Å². The lowest BCUT2D eigenvalue weighted by Crippen LogP contribution is -1.91. The summed E-state index contributed by atoms with van der Waals surface area (Å²) in [5, 5.41) is 1.18. The van der Waals surface area contributed by atoms with Crippen molar-refractivity contribution >= 4 is 22.8 Å². The molecule has 1 aliphatic rings. The van der Waals surface area contributed by atoms with E-state index in [1.54, 1.807) is 0 Å². The molecule has 0 atom stereocenters. The minimum absolute atomic E-state index is 1.11. The van der Waals surface area contributed by atoms with Gasteiger partial charge in [0.25, 0.3) is 0 Å². The number of thioether (sulfide) groups is 1. The zero-order valence-corrected chi connectivity index (χ0v) is 8.27. The van der Waals surface area contributed by atoms with Crippen molar-refractivity contribution < 1.29 is 0 Å². The molecule has 13 heavy (non-hydrogen) atoms. The van der Waals surface area contributed by atoms with Crippen molar-refractivity contribution in [2.75, 3.05) is 5.75 Å². The van der Waals surface area contributed by atoms with E-state index in [2.05, 4.69) is 34.7 Å². The molecule has 3 heteroatoms. The van der Waals surface area contributed by atoms with Crippen molar-refractivity contribution in [2.45, 2.75) is 18.6 Å². The first-order chi connectivity index (χ1) is 6.34. The van der Waals surface area contributed by atoms with E-state index in [4.69, 9.17) is 0 Å². The molecule has 0 bridgehead atoms. The SMILES string of the molecule is Cc1ccc2c(c1)nc1n2CCS1. The summed E-state index contributed by atoms with van der Waals surface area (Å²) in [5.74, 6) is 1.17. The summed E-state index contributed by atoms with van der Waals surface area (Å²) < 4.78 is 2.31. The molecule has 0 saturated carbocycles. The van der Waals surface area contributed by atoms with Crippen LogP contribution < -0.4 is 0 Å². The van der Waals surface area contributed by atoms with E-state index in [0.29, 0.717) is 0 Å². The van der Waals surface area contributed by atoms with Crippen molar-refractivity contribution in [3.05, 3.63) is 23.8 Å². The molecular formula is C10H10N2S. The maximum Gasteiger partial charge on any atom is 0.169 e. The predicted octanol–water partition coefficient (Wildman–Crippen LogP) is 2.45. The molecule has 2 heterocycles. The molecule has 1 aromatic carbocycles. The van der Waals surface area contributed by atoms with Crippen molar-refractivity contribution in [3.8, 4) is 0 Å². The summed E-state index contributed by atoms with van der Waals surface area (Å²) in [4.78, 5) is 4.58. The second-order valence-corrected chi connectivity index (χ2v) is 4.45. The van der Waals surface area contributed by atoms with Crippen LogP contribution >= 0.6 is 11.8 Å². The molecule has 0 N–H and O–H groups in total. The Bertz CT molecular complexity index is 473. The van der Waals surface area contributed by atoms with E-state index in [0.717, 1.165) is 12.1 Å². The first-order valence-electron chi connectivity index (χ1n) is 4.44. The highest BCUT2D eigenvalue weighted by Crippen LogP contribution is 2.29. The first-order valence-corrected chi connectivity index (χ1v) is 5.43. The van der Waals surface area contributed by atoms with E-state index in [-0.39, 0.29) is 0 Å². The van der Waals surface area contributed by atoms with E-state index in [1.807, 2.05) is 11.8 Å². The molecule has 2 nitrogen and oxygen atoms in total. The van der Waals surface area contributed by atoms with E-state index < -0.39 is 0 Å². The first kappa shape index (κ1) is 7.44. The number of imidazole rings is 1. The number of rotatable bonds is 0. The Morgan fingerprint density at radius 1 is 1.46 bits per heavy atom. The fraction of sp³-hybridized carbons (Fsp3) is 0.300. The zero-order chi connectivity index (χ0) is 8.84. The second kappa shape index (κ2) is 2.51. The summed E-state index contributed by atoms with van der Waals surface area (Å²) in [7, 11) is 0. The van der Waals surface area contributed by atoms with Crippen LogP contribution in [0.1, 0.15) is 5.56 Å². The number of fused-ring (bicyclic) bond motifs is 3. The largest absolute Gasteiger partial charge is 0.318 e. The van der Waals surface area contributed by atoms with E-state index >= 15 is 0 Å². The summed E-state index contributed by atoms with van der Waals surface area (Å²) in [6, 6.07) is 6.48. The Morgan fingerprint density at radius 2 is 2.38 bits per heavy atom. The van der Waals surface area contributed by atoms with Crippen LogP contribution in [0.3, 0.4) is 0 Å². The smallest absolute Gasteiger partial charge is 0.169 e. The minimum Gasteiger partial charge on any atom is -0.318 e. The molecule has 0 unspecified atom stereocenters. The van der Waals surface area contributed by atoms with Gasteiger partial charge in [-0.2, -0.15) is 0 Å². The lowest BCUT2D eigenvalue weighted by atomic mass is 10.2. The number of nitrogens with zero attached hydrogens (tertiary/aromatic N) is 2. The Labute approximate surface area is 81.0 Å². The van der Waals surface area contributed by atoms with Crippen LogP contribution in [0.5, 0.6) is 0 Å². The predicted molar refractivity (Wildman–Crippen MR) is 55.2 cm³/mol. The van der Waals surface area contributed by atoms with Gasteiger partial charge in [-0.15, -0.1) is 0 Å². The van der Waals surface area contributed by atoms with E-state index in [9.17, 15) is 0 Å². The van der Waals surface area contributed by atoms with Crippen LogP contribution in [0.15, 0.2) is 23.4 Å². The summed E-state index contributed by atoms with van der Waals surface area (Å²) in [6.45, 7) is 3.22. The van der Waals surface area contributed by atoms with Gasteiger partial charge in [0, 0.05) is 12.3 Å². The highest BCUT2D eigenvalue weighted by Gasteiger charge is 2.15. The third-order valence-electron chi connectivity index (χ3n) is 2.41. The van der Waals surface area contributed by atoms with Crippen LogP contribution in [0.4, 0.5) is 0 Å². The minimum atomic E-state index is 1.11. The zero-order valence-electron chi connectivity index (χ0n) is 7.45. The molecule has 1 aromatic heterocycles. The van der Waals surface area contributed by atoms with Gasteiger partial charge in [0.15, 0.2) is 5.16 Å². The van der Waals surface area contributed by atoms with Crippen LogP contribution in [0.25, 0.3) is 11.0 Å². The Balaban J connectivity index is 2.38. The highest BCUT2D eigenvalue weighted by atomic mass is 32.2. The molecule has 2 aromatic rings. The number of aryl methyl sites for hydroxylation is 2. The van der Waals surface area contributed by atoms with Gasteiger partial charge in [-0.05, 0) is 24.6 Å². The molecule has 0 radical (unpaired) electrons. The maximum absolute atomic E-state index is 4.58. The Hall–Kier alpha value is -0.960. The van der Waals surface area contributed by atoms with Crippen LogP contribution in [-0.4, -0.2) is 15.3 Å². The number of aromatic nitrogens is 2. The average molecular weight is 190 g/mol. The van der Waals surface area contributed by atoms with Gasteiger partial charge in [-0.3, -0.25) is 0 Å². The van der Waals surface area contributed by atoms with Crippen molar-refractivity contribution in [3.63, 3.8) is 0 Å². The standard InChI is InChI=1S/C10H10N2S/c1-7-2-3-9-8(6-7)11-10-12(9)4-5-13-10/h2-3,6H,4-5H2,1H3. The van der Waals surface area contributed by atoms with Crippen LogP contribution in [0, 0.1) is 6.92 Å². The summed E-state index contributed by atoms with van der Waals surface area (Å²) >= 11 is 1.85. The molecule has 0 aliphatic carbocycles. The molecule has 1 aliphatic heterocycles. The highest BCUT2D eigenvalue weighted by molar-refractivity contribution is 7.99. The normalized spacial score (nSPS) is 15.2. The molecule has 66 valence electrons. The lowest BCUT2D eigenvalue weighted by Gasteiger charge is -1.97. The van der Waals surface area contributed by atoms with Crippen LogP contribution in [0.2, 0.25) is 0 Å². The Morgan fingerprint density at radius 3 is 3.31 bits per heavy atom. The molecule has 0 fully saturated rings. The number of benzene rings is 1. The topological polar surface area (TPSA) is 17.8 Å². The molecule has 0 amide bonds. The number of hydrogen-bond donors (Lipinski definition) is 0. The lowest BCUT2D eigenvalue weighted by molar-refractivity contribution is 0.743. The fourth-order valence-corrected chi connectivity index (χ4v) is 2.74. The Kier molecular flexibility index (Phi) is 1.44. The van der Waals surface area contributed by atoms with Gasteiger partial charge in [0.1, 0.15) is 0 Å². The summed E-state index contributed by atoms with van der Waals surface area (Å²) in [5.41, 5.74) is 3.71. The monoisotopic (exact) mass is 190 g/mol. The van der Waals surface area contributed by atoms with Gasteiger partial charge in [0.2, 0.25) is 0 Å². The molecular weight excluding hydrogens is 180 g/mol. The van der Waals surface area contributed by atoms with Crippen molar-refractivity contribution in [2.24, 2.45) is 0 Å². The van der Waals surface area contributed by atoms with Gasteiger partial charge in [-0.1, -0.05) is 17.8 Å². The van der Waals surface area contributed by atoms with Crippen LogP contribution in [-0.2, 0) is 6.54 Å². The fourth-order valence-electron chi connectivity index (χ4n) is 1.77. The number of hydrogen-bond acceptors (Lipinski definition) is 2. The van der Waals surface area contributed by atoms with E-state index in [1.165, 1.54) is 22.0 Å². The van der Waals surface area contributed by atoms with Gasteiger partial charge in [0.05, 0.1) is 11.0 Å². The van der Waals surface area contributed by atoms with Gasteiger partial charge < -0.3 is 4.57 Å².